The molecule has 0 saturated carbocycles. The highest BCUT2D eigenvalue weighted by molar-refractivity contribution is 5.81. The average Bonchev–Trinajstić information content (AvgIpc) is 2.69. The molecule has 0 N–H and O–H groups in total. The maximum absolute atomic E-state index is 12.2. The van der Waals surface area contributed by atoms with Crippen LogP contribution < -0.4 is 0 Å². The van der Waals surface area contributed by atoms with Crippen molar-refractivity contribution in [2.45, 2.75) is 24.9 Å². The molecule has 4 fully saturated rings. The summed E-state index contributed by atoms with van der Waals surface area (Å²) in [5, 5.41) is 0. The predicted molar refractivity (Wildman–Crippen MR) is 55.5 cm³/mol. The second-order valence-electron chi connectivity index (χ2n) is 5.07. The molecule has 4 nitrogen and oxygen atoms in total. The number of carbonyl (C=O) groups excluding carboxylic acids is 1. The highest BCUT2D eigenvalue weighted by atomic mass is 16.5. The molecule has 0 aromatic heterocycles. The van der Waals surface area contributed by atoms with Gasteiger partial charge in [0.15, 0.2) is 0 Å². The van der Waals surface area contributed by atoms with Gasteiger partial charge in [-0.3, -0.25) is 4.79 Å². The Morgan fingerprint density at radius 2 is 2.07 bits per heavy atom. The van der Waals surface area contributed by atoms with Crippen molar-refractivity contribution >= 4 is 5.91 Å². The third-order valence-electron chi connectivity index (χ3n) is 3.91. The van der Waals surface area contributed by atoms with Crippen LogP contribution in [0.1, 0.15) is 12.8 Å². The summed E-state index contributed by atoms with van der Waals surface area (Å²) in [6, 6.07) is 0.976. The largest absolute Gasteiger partial charge is 0.381 e. The summed E-state index contributed by atoms with van der Waals surface area (Å²) < 4.78 is 5.28. The van der Waals surface area contributed by atoms with Crippen molar-refractivity contribution in [2.24, 2.45) is 5.92 Å². The van der Waals surface area contributed by atoms with E-state index in [4.69, 9.17) is 4.74 Å². The van der Waals surface area contributed by atoms with Gasteiger partial charge in [0.2, 0.25) is 5.91 Å². The van der Waals surface area contributed by atoms with Gasteiger partial charge in [0.1, 0.15) is 0 Å². The fourth-order valence-electron chi connectivity index (χ4n) is 3.12. The van der Waals surface area contributed by atoms with Crippen LogP contribution >= 0.6 is 0 Å². The van der Waals surface area contributed by atoms with Crippen LogP contribution in [0.3, 0.4) is 0 Å². The number of rotatable bonds is 1. The van der Waals surface area contributed by atoms with Gasteiger partial charge in [-0.05, 0) is 19.9 Å². The van der Waals surface area contributed by atoms with Crippen molar-refractivity contribution < 1.29 is 9.53 Å². The third kappa shape index (κ3) is 1.47. The fourth-order valence-corrected chi connectivity index (χ4v) is 3.12. The molecule has 4 heterocycles. The van der Waals surface area contributed by atoms with Crippen molar-refractivity contribution in [2.75, 3.05) is 33.4 Å². The van der Waals surface area contributed by atoms with Crippen LogP contribution in [0, 0.1) is 5.92 Å². The minimum Gasteiger partial charge on any atom is -0.381 e. The topological polar surface area (TPSA) is 32.8 Å². The minimum atomic E-state index is 0.152. The molecule has 0 radical (unpaired) electrons. The number of likely N-dealkylation sites (N-methyl/N-ethyl adjacent to an activating group) is 1. The monoisotopic (exact) mass is 210 g/mol. The molecule has 4 aliphatic heterocycles. The lowest BCUT2D eigenvalue weighted by Gasteiger charge is -2.56. The van der Waals surface area contributed by atoms with E-state index in [1.54, 1.807) is 0 Å². The molecule has 4 saturated heterocycles. The second kappa shape index (κ2) is 3.46. The maximum atomic E-state index is 12.2. The predicted octanol–water partition coefficient (Wildman–Crippen LogP) is -0.0622. The first-order valence-electron chi connectivity index (χ1n) is 5.84. The smallest absolute Gasteiger partial charge is 0.228 e. The summed E-state index contributed by atoms with van der Waals surface area (Å²) in [6.07, 6.45) is 2.13. The fraction of sp³-hybridized carbons (Fsp3) is 0.909. The number of amides is 1. The Morgan fingerprint density at radius 3 is 2.67 bits per heavy atom. The van der Waals surface area contributed by atoms with Crippen LogP contribution in [-0.2, 0) is 9.53 Å². The first-order chi connectivity index (χ1) is 7.25. The van der Waals surface area contributed by atoms with E-state index in [0.29, 0.717) is 24.6 Å². The van der Waals surface area contributed by atoms with Crippen LogP contribution in [0.25, 0.3) is 0 Å². The van der Waals surface area contributed by atoms with E-state index in [1.807, 2.05) is 0 Å². The Bertz CT molecular complexity index is 264. The minimum absolute atomic E-state index is 0.152. The van der Waals surface area contributed by atoms with Gasteiger partial charge in [0, 0.05) is 31.8 Å². The lowest BCUT2D eigenvalue weighted by atomic mass is 9.86. The molecule has 0 spiro atoms. The lowest BCUT2D eigenvalue weighted by Crippen LogP contribution is -2.70. The van der Waals surface area contributed by atoms with E-state index in [-0.39, 0.29) is 5.92 Å². The van der Waals surface area contributed by atoms with Crippen molar-refractivity contribution in [1.29, 1.82) is 0 Å². The van der Waals surface area contributed by atoms with E-state index in [0.717, 1.165) is 26.1 Å². The molecule has 84 valence electrons. The zero-order valence-corrected chi connectivity index (χ0v) is 9.19. The molecule has 3 unspecified atom stereocenters. The quantitative estimate of drug-likeness (QED) is 0.608. The third-order valence-corrected chi connectivity index (χ3v) is 3.91. The Labute approximate surface area is 90.2 Å². The summed E-state index contributed by atoms with van der Waals surface area (Å²) >= 11 is 0. The van der Waals surface area contributed by atoms with Crippen molar-refractivity contribution in [1.82, 2.24) is 9.80 Å². The van der Waals surface area contributed by atoms with Crippen molar-refractivity contribution in [3.63, 3.8) is 0 Å². The summed E-state index contributed by atoms with van der Waals surface area (Å²) in [7, 11) is 2.14. The normalized spacial score (nSPS) is 40.3. The van der Waals surface area contributed by atoms with Crippen LogP contribution in [-0.4, -0.2) is 61.1 Å². The summed E-state index contributed by atoms with van der Waals surface area (Å²) in [4.78, 5) is 16.6. The number of hydrogen-bond acceptors (Lipinski definition) is 3. The Kier molecular flexibility index (Phi) is 2.21. The van der Waals surface area contributed by atoms with Crippen LogP contribution in [0.5, 0.6) is 0 Å². The molecule has 0 aliphatic carbocycles. The number of ether oxygens (including phenoxy) is 1. The number of piperazine rings is 1. The zero-order chi connectivity index (χ0) is 10.4. The van der Waals surface area contributed by atoms with E-state index < -0.39 is 0 Å². The molecular weight excluding hydrogens is 192 g/mol. The van der Waals surface area contributed by atoms with E-state index in [2.05, 4.69) is 16.8 Å². The van der Waals surface area contributed by atoms with E-state index in [9.17, 15) is 4.79 Å². The van der Waals surface area contributed by atoms with Gasteiger partial charge in [0.05, 0.1) is 12.5 Å². The standard InChI is InChI=1S/C11H18N2O2/c1-12-5-9-4-10(6-12)13(9)11(14)8-2-3-15-7-8/h8-10H,2-7H2,1H3. The molecule has 0 aromatic carbocycles. The van der Waals surface area contributed by atoms with Gasteiger partial charge in [-0.1, -0.05) is 0 Å². The Balaban J connectivity index is 1.66. The molecule has 4 rings (SSSR count). The first-order valence-corrected chi connectivity index (χ1v) is 5.84. The molecule has 2 bridgehead atoms. The van der Waals surface area contributed by atoms with E-state index >= 15 is 0 Å². The SMILES string of the molecule is CN1CC2CC(C1)N2C(=O)C1CCOC1. The molecule has 4 aliphatic rings. The average molecular weight is 210 g/mol. The van der Waals surface area contributed by atoms with Crippen LogP contribution in [0.15, 0.2) is 0 Å². The van der Waals surface area contributed by atoms with Gasteiger partial charge >= 0.3 is 0 Å². The highest BCUT2D eigenvalue weighted by Crippen LogP contribution is 2.34. The van der Waals surface area contributed by atoms with Gasteiger partial charge in [-0.25, -0.2) is 0 Å². The molecule has 4 heteroatoms. The number of carbonyl (C=O) groups is 1. The second-order valence-corrected chi connectivity index (χ2v) is 5.07. The van der Waals surface area contributed by atoms with Gasteiger partial charge < -0.3 is 14.5 Å². The summed E-state index contributed by atoms with van der Waals surface area (Å²) in [5.74, 6) is 0.501. The van der Waals surface area contributed by atoms with Crippen LogP contribution in [0.2, 0.25) is 0 Å². The van der Waals surface area contributed by atoms with Crippen LogP contribution in [0.4, 0.5) is 0 Å². The number of piperidine rings is 1. The summed E-state index contributed by atoms with van der Waals surface area (Å²) in [6.45, 7) is 3.51. The zero-order valence-electron chi connectivity index (χ0n) is 9.19. The molecule has 15 heavy (non-hydrogen) atoms. The molecular formula is C11H18N2O2. The molecule has 1 amide bonds. The lowest BCUT2D eigenvalue weighted by molar-refractivity contribution is -0.157. The van der Waals surface area contributed by atoms with Crippen molar-refractivity contribution in [3.8, 4) is 0 Å². The highest BCUT2D eigenvalue weighted by Gasteiger charge is 2.47. The number of fused-ring (bicyclic) bond motifs is 2. The van der Waals surface area contributed by atoms with Gasteiger partial charge in [-0.15, -0.1) is 0 Å². The van der Waals surface area contributed by atoms with Gasteiger partial charge in [-0.2, -0.15) is 0 Å². The van der Waals surface area contributed by atoms with Gasteiger partial charge in [0.25, 0.3) is 0 Å². The Hall–Kier alpha value is -0.610. The number of hydrogen-bond donors (Lipinski definition) is 0. The molecule has 3 atom stereocenters. The Morgan fingerprint density at radius 1 is 1.33 bits per heavy atom. The first kappa shape index (κ1) is 9.60. The maximum Gasteiger partial charge on any atom is 0.228 e. The van der Waals surface area contributed by atoms with E-state index in [1.165, 1.54) is 6.42 Å². The summed E-state index contributed by atoms with van der Waals surface area (Å²) in [5.41, 5.74) is 0. The van der Waals surface area contributed by atoms with Crippen molar-refractivity contribution in [3.05, 3.63) is 0 Å². The number of nitrogens with zero attached hydrogens (tertiary/aromatic N) is 2. The molecule has 0 aromatic rings.